The molecule has 1 atom stereocenters. The Bertz CT molecular complexity index is 491. The summed E-state index contributed by atoms with van der Waals surface area (Å²) < 4.78 is 76.7. The highest BCUT2D eigenvalue weighted by Gasteiger charge is 2.37. The minimum absolute atomic E-state index is 0.00231. The summed E-state index contributed by atoms with van der Waals surface area (Å²) in [5.74, 6) is 0. The number of alkyl halides is 6. The van der Waals surface area contributed by atoms with Crippen LogP contribution in [0.4, 0.5) is 26.3 Å². The van der Waals surface area contributed by atoms with Gasteiger partial charge in [-0.3, -0.25) is 4.90 Å². The van der Waals surface area contributed by atoms with Crippen molar-refractivity contribution in [3.63, 3.8) is 0 Å². The number of nitrogens with two attached hydrogens (primary N) is 1. The fourth-order valence-corrected chi connectivity index (χ4v) is 2.72. The smallest absolute Gasteiger partial charge is 0.329 e. The van der Waals surface area contributed by atoms with Gasteiger partial charge in [0, 0.05) is 19.1 Å². The zero-order chi connectivity index (χ0) is 16.5. The number of hydrogen-bond donors (Lipinski definition) is 1. The van der Waals surface area contributed by atoms with Crippen molar-refractivity contribution >= 4 is 0 Å². The molecule has 1 saturated heterocycles. The van der Waals surface area contributed by atoms with Gasteiger partial charge >= 0.3 is 12.4 Å². The average Bonchev–Trinajstić information content (AvgIpc) is 2.83. The summed E-state index contributed by atoms with van der Waals surface area (Å²) in [7, 11) is 0. The molecule has 1 aliphatic rings. The lowest BCUT2D eigenvalue weighted by Crippen LogP contribution is -2.35. The molecule has 2 N–H and O–H groups in total. The topological polar surface area (TPSA) is 29.3 Å². The van der Waals surface area contributed by atoms with Gasteiger partial charge in [-0.2, -0.15) is 26.3 Å². The van der Waals surface area contributed by atoms with E-state index in [1.165, 1.54) is 0 Å². The molecule has 0 spiro atoms. The Morgan fingerprint density at radius 3 is 2.00 bits per heavy atom. The molecular weight excluding hydrogens is 310 g/mol. The van der Waals surface area contributed by atoms with Crippen LogP contribution in [0.25, 0.3) is 0 Å². The van der Waals surface area contributed by atoms with E-state index < -0.39 is 23.5 Å². The maximum Gasteiger partial charge on any atom is 0.416 e. The molecule has 0 aromatic heterocycles. The quantitative estimate of drug-likeness (QED) is 0.859. The summed E-state index contributed by atoms with van der Waals surface area (Å²) in [4.78, 5) is 1.83. The Morgan fingerprint density at radius 2 is 1.55 bits per heavy atom. The van der Waals surface area contributed by atoms with E-state index in [0.717, 1.165) is 25.0 Å². The Balaban J connectivity index is 2.34. The van der Waals surface area contributed by atoms with Gasteiger partial charge < -0.3 is 5.73 Å². The van der Waals surface area contributed by atoms with E-state index in [1.807, 2.05) is 4.90 Å². The summed E-state index contributed by atoms with van der Waals surface area (Å²) in [5.41, 5.74) is 3.02. The predicted molar refractivity (Wildman–Crippen MR) is 68.9 cm³/mol. The number of rotatable bonds is 3. The number of nitrogens with zero attached hydrogens (tertiary/aromatic N) is 1. The zero-order valence-electron chi connectivity index (χ0n) is 11.6. The number of benzene rings is 1. The molecule has 1 aromatic carbocycles. The molecule has 1 fully saturated rings. The van der Waals surface area contributed by atoms with Crippen LogP contribution in [0, 0.1) is 0 Å². The third-order valence-corrected chi connectivity index (χ3v) is 3.80. The van der Waals surface area contributed by atoms with Crippen LogP contribution in [-0.4, -0.2) is 24.0 Å². The molecule has 8 heteroatoms. The Labute approximate surface area is 123 Å². The molecule has 0 amide bonds. The highest BCUT2D eigenvalue weighted by Crippen LogP contribution is 2.36. The van der Waals surface area contributed by atoms with Gasteiger partial charge in [0.05, 0.1) is 11.1 Å². The SMILES string of the molecule is NCC1CCCN1Cc1cc(C(F)(F)F)cc(C(F)(F)F)c1. The lowest BCUT2D eigenvalue weighted by molar-refractivity contribution is -0.143. The van der Waals surface area contributed by atoms with Crippen molar-refractivity contribution in [2.45, 2.75) is 37.8 Å². The van der Waals surface area contributed by atoms with E-state index in [4.69, 9.17) is 5.73 Å². The second-order valence-corrected chi connectivity index (χ2v) is 5.42. The van der Waals surface area contributed by atoms with Crippen molar-refractivity contribution in [1.82, 2.24) is 4.90 Å². The summed E-state index contributed by atoms with van der Waals surface area (Å²) >= 11 is 0. The molecule has 0 bridgehead atoms. The fraction of sp³-hybridized carbons (Fsp3) is 0.571. The van der Waals surface area contributed by atoms with Gasteiger partial charge in [-0.15, -0.1) is 0 Å². The third kappa shape index (κ3) is 3.92. The molecule has 22 heavy (non-hydrogen) atoms. The van der Waals surface area contributed by atoms with Crippen molar-refractivity contribution in [3.8, 4) is 0 Å². The number of likely N-dealkylation sites (tertiary alicyclic amines) is 1. The Hall–Kier alpha value is -1.28. The normalized spacial score (nSPS) is 20.6. The van der Waals surface area contributed by atoms with E-state index in [1.54, 1.807) is 0 Å². The highest BCUT2D eigenvalue weighted by molar-refractivity contribution is 5.33. The highest BCUT2D eigenvalue weighted by atomic mass is 19.4. The van der Waals surface area contributed by atoms with Gasteiger partial charge in [0.15, 0.2) is 0 Å². The second-order valence-electron chi connectivity index (χ2n) is 5.42. The zero-order valence-corrected chi connectivity index (χ0v) is 11.6. The van der Waals surface area contributed by atoms with Gasteiger partial charge in [-0.05, 0) is 43.1 Å². The number of halogens is 6. The summed E-state index contributed by atoms with van der Waals surface area (Å²) in [6, 6.07) is 1.71. The van der Waals surface area contributed by atoms with Crippen molar-refractivity contribution in [2.75, 3.05) is 13.1 Å². The van der Waals surface area contributed by atoms with Gasteiger partial charge in [0.2, 0.25) is 0 Å². The molecule has 1 aromatic rings. The van der Waals surface area contributed by atoms with E-state index in [0.29, 0.717) is 13.1 Å². The monoisotopic (exact) mass is 326 g/mol. The molecule has 0 aliphatic carbocycles. The van der Waals surface area contributed by atoms with E-state index in [2.05, 4.69) is 0 Å². The molecule has 1 aliphatic heterocycles. The first-order valence-corrected chi connectivity index (χ1v) is 6.83. The molecule has 1 heterocycles. The lowest BCUT2D eigenvalue weighted by atomic mass is 10.0. The van der Waals surface area contributed by atoms with Crippen molar-refractivity contribution in [1.29, 1.82) is 0 Å². The van der Waals surface area contributed by atoms with E-state index in [9.17, 15) is 26.3 Å². The van der Waals surface area contributed by atoms with Crippen LogP contribution in [0.2, 0.25) is 0 Å². The molecular formula is C14H16F6N2. The van der Waals surface area contributed by atoms with Crippen LogP contribution in [-0.2, 0) is 18.9 Å². The molecule has 124 valence electrons. The predicted octanol–water partition coefficient (Wildman–Crippen LogP) is 3.65. The van der Waals surface area contributed by atoms with Gasteiger partial charge in [0.1, 0.15) is 0 Å². The first-order chi connectivity index (χ1) is 10.1. The van der Waals surface area contributed by atoms with E-state index in [-0.39, 0.29) is 24.2 Å². The molecule has 2 nitrogen and oxygen atoms in total. The molecule has 0 saturated carbocycles. The number of hydrogen-bond acceptors (Lipinski definition) is 2. The van der Waals surface area contributed by atoms with Crippen LogP contribution in [0.5, 0.6) is 0 Å². The molecule has 2 rings (SSSR count). The van der Waals surface area contributed by atoms with E-state index >= 15 is 0 Å². The fourth-order valence-electron chi connectivity index (χ4n) is 2.72. The maximum absolute atomic E-state index is 12.8. The summed E-state index contributed by atoms with van der Waals surface area (Å²) in [5, 5.41) is 0. The van der Waals surface area contributed by atoms with Gasteiger partial charge in [-0.1, -0.05) is 0 Å². The van der Waals surface area contributed by atoms with Crippen molar-refractivity contribution in [3.05, 3.63) is 34.9 Å². The third-order valence-electron chi connectivity index (χ3n) is 3.80. The van der Waals surface area contributed by atoms with Crippen LogP contribution < -0.4 is 5.73 Å². The van der Waals surface area contributed by atoms with Crippen molar-refractivity contribution < 1.29 is 26.3 Å². The lowest BCUT2D eigenvalue weighted by Gasteiger charge is -2.24. The molecule has 1 unspecified atom stereocenters. The van der Waals surface area contributed by atoms with Crippen molar-refractivity contribution in [2.24, 2.45) is 5.73 Å². The standard InChI is InChI=1S/C14H16F6N2/c15-13(16,17)10-4-9(5-11(6-10)14(18,19)20)8-22-3-1-2-12(22)7-21/h4-6,12H,1-3,7-8,21H2. The summed E-state index contributed by atoms with van der Waals surface area (Å²) in [6.07, 6.45) is -7.98. The minimum Gasteiger partial charge on any atom is -0.329 e. The molecule has 0 radical (unpaired) electrons. The Morgan fingerprint density at radius 1 is 1.00 bits per heavy atom. The Kier molecular flexibility index (Phi) is 4.72. The van der Waals surface area contributed by atoms with Crippen LogP contribution in [0.15, 0.2) is 18.2 Å². The first-order valence-electron chi connectivity index (χ1n) is 6.83. The largest absolute Gasteiger partial charge is 0.416 e. The second kappa shape index (κ2) is 6.08. The minimum atomic E-state index is -4.81. The summed E-state index contributed by atoms with van der Waals surface area (Å²) in [6.45, 7) is 0.999. The van der Waals surface area contributed by atoms with Crippen LogP contribution >= 0.6 is 0 Å². The van der Waals surface area contributed by atoms with Crippen LogP contribution in [0.3, 0.4) is 0 Å². The van der Waals surface area contributed by atoms with Crippen LogP contribution in [0.1, 0.15) is 29.5 Å². The first kappa shape index (κ1) is 17.1. The van der Waals surface area contributed by atoms with Gasteiger partial charge in [-0.25, -0.2) is 0 Å². The average molecular weight is 326 g/mol. The maximum atomic E-state index is 12.8. The van der Waals surface area contributed by atoms with Gasteiger partial charge in [0.25, 0.3) is 0 Å².